The van der Waals surface area contributed by atoms with E-state index < -0.39 is 36.3 Å². The van der Waals surface area contributed by atoms with Crippen molar-refractivity contribution in [2.45, 2.75) is 33.2 Å². The Hall–Kier alpha value is -3.81. The number of amides is 3. The lowest BCUT2D eigenvalue weighted by Gasteiger charge is -2.28. The van der Waals surface area contributed by atoms with Gasteiger partial charge in [-0.3, -0.25) is 24.1 Å². The fraction of sp³-hybridized carbons (Fsp3) is 0.292. The number of carbonyl (C=O) groups is 5. The fourth-order valence-corrected chi connectivity index (χ4v) is 3.58. The highest BCUT2D eigenvalue weighted by Gasteiger charge is 2.45. The van der Waals surface area contributed by atoms with Crippen molar-refractivity contribution in [3.8, 4) is 0 Å². The number of nitrogens with zero attached hydrogens (tertiary/aromatic N) is 1. The van der Waals surface area contributed by atoms with Gasteiger partial charge in [-0.1, -0.05) is 44.5 Å². The van der Waals surface area contributed by atoms with Crippen LogP contribution >= 0.6 is 0 Å². The van der Waals surface area contributed by atoms with Crippen molar-refractivity contribution in [2.75, 3.05) is 11.9 Å². The van der Waals surface area contributed by atoms with Crippen LogP contribution in [0.5, 0.6) is 0 Å². The van der Waals surface area contributed by atoms with Crippen molar-refractivity contribution < 1.29 is 28.7 Å². The first-order valence-electron chi connectivity index (χ1n) is 10.3. The molecule has 0 fully saturated rings. The molecule has 2 atom stereocenters. The number of benzene rings is 2. The second-order valence-electron chi connectivity index (χ2n) is 7.61. The minimum absolute atomic E-state index is 0.222. The second kappa shape index (κ2) is 9.55. The molecule has 0 saturated heterocycles. The highest BCUT2D eigenvalue weighted by atomic mass is 16.5. The molecule has 0 bridgehead atoms. The summed E-state index contributed by atoms with van der Waals surface area (Å²) in [5.74, 6) is -3.21. The molecule has 32 heavy (non-hydrogen) atoms. The number of anilines is 1. The number of nitrogens with one attached hydrogen (secondary N) is 1. The summed E-state index contributed by atoms with van der Waals surface area (Å²) in [4.78, 5) is 63.5. The van der Waals surface area contributed by atoms with Gasteiger partial charge in [0.1, 0.15) is 6.04 Å². The van der Waals surface area contributed by atoms with Crippen LogP contribution in [0.15, 0.2) is 48.5 Å². The highest BCUT2D eigenvalue weighted by Crippen LogP contribution is 2.28. The summed E-state index contributed by atoms with van der Waals surface area (Å²) in [5.41, 5.74) is 1.10. The van der Waals surface area contributed by atoms with Gasteiger partial charge in [0.05, 0.1) is 16.8 Å². The Morgan fingerprint density at radius 1 is 0.969 bits per heavy atom. The van der Waals surface area contributed by atoms with E-state index in [0.717, 1.165) is 4.90 Å². The van der Waals surface area contributed by atoms with Crippen LogP contribution in [-0.2, 0) is 14.3 Å². The molecule has 0 spiro atoms. The van der Waals surface area contributed by atoms with Crippen molar-refractivity contribution in [1.82, 2.24) is 4.90 Å². The summed E-state index contributed by atoms with van der Waals surface area (Å²) in [7, 11) is 0. The minimum atomic E-state index is -1.16. The predicted molar refractivity (Wildman–Crippen MR) is 116 cm³/mol. The molecular formula is C24H24N2O6. The molecule has 166 valence electrons. The number of esters is 1. The van der Waals surface area contributed by atoms with E-state index in [1.165, 1.54) is 19.1 Å². The van der Waals surface area contributed by atoms with Crippen molar-refractivity contribution in [2.24, 2.45) is 5.92 Å². The normalized spacial score (nSPS) is 14.5. The monoisotopic (exact) mass is 436 g/mol. The van der Waals surface area contributed by atoms with Crippen molar-refractivity contribution in [3.05, 3.63) is 65.2 Å². The number of ether oxygens (including phenoxy) is 1. The van der Waals surface area contributed by atoms with Crippen LogP contribution < -0.4 is 5.32 Å². The van der Waals surface area contributed by atoms with Crippen LogP contribution in [0.1, 0.15) is 58.3 Å². The smallest absolute Gasteiger partial charge is 0.330 e. The fourth-order valence-electron chi connectivity index (χ4n) is 3.58. The van der Waals surface area contributed by atoms with Crippen molar-refractivity contribution in [3.63, 3.8) is 0 Å². The van der Waals surface area contributed by atoms with Crippen LogP contribution in [0.3, 0.4) is 0 Å². The lowest BCUT2D eigenvalue weighted by molar-refractivity contribution is -0.152. The third-order valence-electron chi connectivity index (χ3n) is 5.45. The molecule has 2 aromatic rings. The summed E-state index contributed by atoms with van der Waals surface area (Å²) in [5, 5.41) is 2.55. The SMILES string of the molecule is CC[C@H](C)[C@@H](C(=O)OCC(=O)Nc1ccccc1C(C)=O)N1C(=O)c2ccccc2C1=O. The maximum Gasteiger partial charge on any atom is 0.330 e. The summed E-state index contributed by atoms with van der Waals surface area (Å²) < 4.78 is 5.19. The molecule has 3 amide bonds. The summed E-state index contributed by atoms with van der Waals surface area (Å²) in [6.45, 7) is 4.32. The summed E-state index contributed by atoms with van der Waals surface area (Å²) in [6, 6.07) is 11.7. The van der Waals surface area contributed by atoms with Crippen LogP contribution in [0.2, 0.25) is 0 Å². The van der Waals surface area contributed by atoms with E-state index in [4.69, 9.17) is 4.74 Å². The number of ketones is 1. The molecule has 8 nitrogen and oxygen atoms in total. The van der Waals surface area contributed by atoms with Gasteiger partial charge in [0.15, 0.2) is 12.4 Å². The Kier molecular flexibility index (Phi) is 6.82. The first-order valence-corrected chi connectivity index (χ1v) is 10.3. The van der Waals surface area contributed by atoms with Gasteiger partial charge in [-0.05, 0) is 37.1 Å². The van der Waals surface area contributed by atoms with E-state index in [0.29, 0.717) is 17.7 Å². The van der Waals surface area contributed by atoms with E-state index in [1.807, 2.05) is 6.92 Å². The zero-order chi connectivity index (χ0) is 23.4. The van der Waals surface area contributed by atoms with Crippen molar-refractivity contribution in [1.29, 1.82) is 0 Å². The van der Waals surface area contributed by atoms with Gasteiger partial charge >= 0.3 is 5.97 Å². The van der Waals surface area contributed by atoms with Gasteiger partial charge in [0, 0.05) is 5.56 Å². The van der Waals surface area contributed by atoms with Gasteiger partial charge in [0.2, 0.25) is 0 Å². The molecule has 1 aliphatic heterocycles. The number of carbonyl (C=O) groups excluding carboxylic acids is 5. The number of fused-ring (bicyclic) bond motifs is 1. The van der Waals surface area contributed by atoms with E-state index >= 15 is 0 Å². The third-order valence-corrected chi connectivity index (χ3v) is 5.45. The third kappa shape index (κ3) is 4.44. The average molecular weight is 436 g/mol. The molecule has 0 radical (unpaired) electrons. The van der Waals surface area contributed by atoms with Crippen LogP contribution in [-0.4, -0.2) is 47.0 Å². The first kappa shape index (κ1) is 22.9. The molecule has 1 aliphatic rings. The zero-order valence-electron chi connectivity index (χ0n) is 18.1. The van der Waals surface area contributed by atoms with Gasteiger partial charge in [-0.25, -0.2) is 4.79 Å². The molecule has 8 heteroatoms. The molecule has 1 heterocycles. The van der Waals surface area contributed by atoms with E-state index in [1.54, 1.807) is 43.3 Å². The van der Waals surface area contributed by atoms with Gasteiger partial charge in [0.25, 0.3) is 17.7 Å². The second-order valence-corrected chi connectivity index (χ2v) is 7.61. The van der Waals surface area contributed by atoms with E-state index in [2.05, 4.69) is 5.32 Å². The molecule has 2 aromatic carbocycles. The number of hydrogen-bond acceptors (Lipinski definition) is 6. The van der Waals surface area contributed by atoms with Gasteiger partial charge < -0.3 is 10.1 Å². The molecule has 0 aromatic heterocycles. The Balaban J connectivity index is 1.73. The summed E-state index contributed by atoms with van der Waals surface area (Å²) in [6.07, 6.45) is 0.505. The lowest BCUT2D eigenvalue weighted by Crippen LogP contribution is -2.49. The Morgan fingerprint density at radius 3 is 2.09 bits per heavy atom. The van der Waals surface area contributed by atoms with Crippen LogP contribution in [0, 0.1) is 5.92 Å². The molecule has 3 rings (SSSR count). The maximum atomic E-state index is 12.9. The Labute approximate surface area is 185 Å². The average Bonchev–Trinajstić information content (AvgIpc) is 3.03. The van der Waals surface area contributed by atoms with Crippen molar-refractivity contribution >= 4 is 35.2 Å². The molecular weight excluding hydrogens is 412 g/mol. The molecule has 1 N–H and O–H groups in total. The standard InChI is InChI=1S/C24H24N2O6/c1-4-14(2)21(26-22(29)17-10-5-6-11-18(17)23(26)30)24(31)32-13-20(28)25-19-12-8-7-9-16(19)15(3)27/h5-12,14,21H,4,13H2,1-3H3,(H,25,28)/t14-,21-/m0/s1. The minimum Gasteiger partial charge on any atom is -0.454 e. The maximum absolute atomic E-state index is 12.9. The highest BCUT2D eigenvalue weighted by molar-refractivity contribution is 6.22. The largest absolute Gasteiger partial charge is 0.454 e. The van der Waals surface area contributed by atoms with Gasteiger partial charge in [-0.2, -0.15) is 0 Å². The predicted octanol–water partition coefficient (Wildman–Crippen LogP) is 3.08. The number of imide groups is 1. The first-order chi connectivity index (χ1) is 15.3. The number of hydrogen-bond donors (Lipinski definition) is 1. The zero-order valence-corrected chi connectivity index (χ0v) is 18.1. The Morgan fingerprint density at radius 2 is 1.53 bits per heavy atom. The number of rotatable bonds is 8. The van der Waals surface area contributed by atoms with Crippen LogP contribution in [0.25, 0.3) is 0 Å². The van der Waals surface area contributed by atoms with E-state index in [9.17, 15) is 24.0 Å². The topological polar surface area (TPSA) is 110 Å². The lowest BCUT2D eigenvalue weighted by atomic mass is 9.97. The quantitative estimate of drug-likeness (QED) is 0.387. The summed E-state index contributed by atoms with van der Waals surface area (Å²) >= 11 is 0. The molecule has 0 unspecified atom stereocenters. The molecule has 0 saturated carbocycles. The molecule has 0 aliphatic carbocycles. The van der Waals surface area contributed by atoms with E-state index in [-0.39, 0.29) is 22.8 Å². The van der Waals surface area contributed by atoms with Crippen LogP contribution in [0.4, 0.5) is 5.69 Å². The Bertz CT molecular complexity index is 1060. The number of Topliss-reactive ketones (excluding diaryl/α,β-unsaturated/α-hetero) is 1. The number of para-hydroxylation sites is 1. The van der Waals surface area contributed by atoms with Gasteiger partial charge in [-0.15, -0.1) is 0 Å².